The molecule has 1 heterocycles. The van der Waals surface area contributed by atoms with Crippen LogP contribution < -0.4 is 5.32 Å². The first-order valence-electron chi connectivity index (χ1n) is 6.72. The first-order valence-corrected chi connectivity index (χ1v) is 8.39. The highest BCUT2D eigenvalue weighted by Gasteiger charge is 2.41. The molecule has 18 heavy (non-hydrogen) atoms. The third-order valence-electron chi connectivity index (χ3n) is 4.02. The second kappa shape index (κ2) is 6.51. The van der Waals surface area contributed by atoms with Crippen LogP contribution >= 0.6 is 27.3 Å². The summed E-state index contributed by atoms with van der Waals surface area (Å²) in [5, 5.41) is 5.79. The lowest BCUT2D eigenvalue weighted by Crippen LogP contribution is -2.51. The Morgan fingerprint density at radius 1 is 1.50 bits per heavy atom. The fourth-order valence-corrected chi connectivity index (χ4v) is 4.58. The predicted molar refractivity (Wildman–Crippen MR) is 81.4 cm³/mol. The summed E-state index contributed by atoms with van der Waals surface area (Å²) in [6, 6.07) is 2.56. The van der Waals surface area contributed by atoms with Gasteiger partial charge in [0, 0.05) is 28.9 Å². The minimum atomic E-state index is 0.0411. The van der Waals surface area contributed by atoms with Crippen molar-refractivity contribution in [1.29, 1.82) is 0 Å². The molecule has 2 nitrogen and oxygen atoms in total. The molecule has 0 aromatic carbocycles. The van der Waals surface area contributed by atoms with E-state index in [4.69, 9.17) is 4.74 Å². The average molecular weight is 332 g/mol. The Balaban J connectivity index is 2.14. The Bertz CT molecular complexity index is 374. The molecule has 1 saturated carbocycles. The molecule has 102 valence electrons. The minimum absolute atomic E-state index is 0.0411. The zero-order valence-corrected chi connectivity index (χ0v) is 13.6. The van der Waals surface area contributed by atoms with Gasteiger partial charge in [-0.25, -0.2) is 0 Å². The molecule has 0 spiro atoms. The molecule has 0 radical (unpaired) electrons. The third-order valence-corrected chi connectivity index (χ3v) is 5.97. The van der Waals surface area contributed by atoms with Crippen molar-refractivity contribution in [2.24, 2.45) is 0 Å². The van der Waals surface area contributed by atoms with Gasteiger partial charge in [0.2, 0.25) is 0 Å². The summed E-state index contributed by atoms with van der Waals surface area (Å²) < 4.78 is 7.16. The Kier molecular flexibility index (Phi) is 5.24. The molecule has 1 N–H and O–H groups in total. The zero-order valence-electron chi connectivity index (χ0n) is 11.2. The lowest BCUT2D eigenvalue weighted by Gasteiger charge is -2.37. The molecule has 2 rings (SSSR count). The monoisotopic (exact) mass is 331 g/mol. The maximum absolute atomic E-state index is 5.93. The van der Waals surface area contributed by atoms with Crippen molar-refractivity contribution in [3.63, 3.8) is 0 Å². The molecule has 0 amide bonds. The van der Waals surface area contributed by atoms with Gasteiger partial charge in [0.1, 0.15) is 0 Å². The van der Waals surface area contributed by atoms with Gasteiger partial charge in [-0.05, 0) is 46.8 Å². The average Bonchev–Trinajstić information content (AvgIpc) is 2.99. The van der Waals surface area contributed by atoms with Crippen LogP contribution in [-0.4, -0.2) is 25.3 Å². The SMILES string of the molecule is CCNC(Cc1sccc1Br)C1(OC)CCCC1. The highest BCUT2D eigenvalue weighted by molar-refractivity contribution is 9.10. The van der Waals surface area contributed by atoms with Gasteiger partial charge in [-0.2, -0.15) is 0 Å². The molecule has 0 bridgehead atoms. The van der Waals surface area contributed by atoms with Crippen LogP contribution in [0.2, 0.25) is 0 Å². The van der Waals surface area contributed by atoms with E-state index in [1.807, 2.05) is 18.4 Å². The number of nitrogens with one attached hydrogen (secondary N) is 1. The van der Waals surface area contributed by atoms with Gasteiger partial charge in [0.05, 0.1) is 5.60 Å². The lowest BCUT2D eigenvalue weighted by atomic mass is 9.89. The van der Waals surface area contributed by atoms with Gasteiger partial charge < -0.3 is 10.1 Å². The number of likely N-dealkylation sites (N-methyl/N-ethyl adjacent to an activating group) is 1. The van der Waals surface area contributed by atoms with Gasteiger partial charge in [-0.3, -0.25) is 0 Å². The Hall–Kier alpha value is 0.1000. The van der Waals surface area contributed by atoms with Crippen molar-refractivity contribution < 1.29 is 4.74 Å². The highest BCUT2D eigenvalue weighted by atomic mass is 79.9. The van der Waals surface area contributed by atoms with E-state index < -0.39 is 0 Å². The summed E-state index contributed by atoms with van der Waals surface area (Å²) in [5.41, 5.74) is 0.0411. The number of hydrogen-bond donors (Lipinski definition) is 1. The normalized spacial score (nSPS) is 20.2. The Morgan fingerprint density at radius 3 is 2.72 bits per heavy atom. The summed E-state index contributed by atoms with van der Waals surface area (Å²) >= 11 is 5.47. The molecule has 0 saturated heterocycles. The quantitative estimate of drug-likeness (QED) is 0.850. The first kappa shape index (κ1) is 14.5. The number of thiophene rings is 1. The van der Waals surface area contributed by atoms with Gasteiger partial charge in [-0.1, -0.05) is 19.8 Å². The molecule has 1 aromatic heterocycles. The van der Waals surface area contributed by atoms with E-state index in [1.54, 1.807) is 0 Å². The minimum Gasteiger partial charge on any atom is -0.377 e. The second-order valence-electron chi connectivity index (χ2n) is 4.98. The van der Waals surface area contributed by atoms with Crippen LogP contribution in [0, 0.1) is 0 Å². The Labute approximate surface area is 122 Å². The Morgan fingerprint density at radius 2 is 2.22 bits per heavy atom. The molecule has 0 aliphatic heterocycles. The fourth-order valence-electron chi connectivity index (χ4n) is 3.02. The van der Waals surface area contributed by atoms with Gasteiger partial charge in [0.15, 0.2) is 0 Å². The highest BCUT2D eigenvalue weighted by Crippen LogP contribution is 2.38. The van der Waals surface area contributed by atoms with E-state index in [0.29, 0.717) is 6.04 Å². The van der Waals surface area contributed by atoms with Crippen molar-refractivity contribution in [1.82, 2.24) is 5.32 Å². The van der Waals surface area contributed by atoms with E-state index in [1.165, 1.54) is 35.0 Å². The van der Waals surface area contributed by atoms with Crippen LogP contribution in [0.15, 0.2) is 15.9 Å². The zero-order chi connectivity index (χ0) is 13.0. The molecule has 1 aliphatic carbocycles. The van der Waals surface area contributed by atoms with Crippen LogP contribution in [-0.2, 0) is 11.2 Å². The van der Waals surface area contributed by atoms with Crippen LogP contribution in [0.3, 0.4) is 0 Å². The van der Waals surface area contributed by atoms with Crippen molar-refractivity contribution in [2.75, 3.05) is 13.7 Å². The van der Waals surface area contributed by atoms with Crippen molar-refractivity contribution in [3.8, 4) is 0 Å². The summed E-state index contributed by atoms with van der Waals surface area (Å²) in [6.07, 6.45) is 6.01. The van der Waals surface area contributed by atoms with Crippen LogP contribution in [0.1, 0.15) is 37.5 Å². The molecular weight excluding hydrogens is 310 g/mol. The topological polar surface area (TPSA) is 21.3 Å². The summed E-state index contributed by atoms with van der Waals surface area (Å²) in [6.45, 7) is 3.17. The van der Waals surface area contributed by atoms with Gasteiger partial charge in [0.25, 0.3) is 0 Å². The van der Waals surface area contributed by atoms with E-state index in [0.717, 1.165) is 13.0 Å². The molecule has 1 aliphatic rings. The van der Waals surface area contributed by atoms with E-state index in [-0.39, 0.29) is 5.60 Å². The lowest BCUT2D eigenvalue weighted by molar-refractivity contribution is -0.0349. The smallest absolute Gasteiger partial charge is 0.0834 e. The van der Waals surface area contributed by atoms with E-state index >= 15 is 0 Å². The number of ether oxygens (including phenoxy) is 1. The number of rotatable bonds is 6. The maximum atomic E-state index is 5.93. The largest absolute Gasteiger partial charge is 0.377 e. The van der Waals surface area contributed by atoms with E-state index in [9.17, 15) is 0 Å². The number of halogens is 1. The number of methoxy groups -OCH3 is 1. The molecular formula is C14H22BrNOS. The molecule has 1 unspecified atom stereocenters. The predicted octanol–water partition coefficient (Wildman–Crippen LogP) is 3.99. The molecule has 1 atom stereocenters. The van der Waals surface area contributed by atoms with Crippen LogP contribution in [0.5, 0.6) is 0 Å². The van der Waals surface area contributed by atoms with E-state index in [2.05, 4.69) is 39.6 Å². The summed E-state index contributed by atoms with van der Waals surface area (Å²) in [7, 11) is 1.87. The van der Waals surface area contributed by atoms with Crippen molar-refractivity contribution in [3.05, 3.63) is 20.8 Å². The second-order valence-corrected chi connectivity index (χ2v) is 6.84. The molecule has 4 heteroatoms. The third kappa shape index (κ3) is 2.98. The van der Waals surface area contributed by atoms with Crippen LogP contribution in [0.25, 0.3) is 0 Å². The number of hydrogen-bond acceptors (Lipinski definition) is 3. The van der Waals surface area contributed by atoms with Crippen molar-refractivity contribution >= 4 is 27.3 Å². The van der Waals surface area contributed by atoms with Crippen molar-refractivity contribution in [2.45, 2.75) is 50.7 Å². The first-order chi connectivity index (χ1) is 8.72. The molecule has 1 aromatic rings. The standard InChI is InChI=1S/C14H22BrNOS/c1-3-16-13(10-12-11(15)6-9-18-12)14(17-2)7-4-5-8-14/h6,9,13,16H,3-5,7-8,10H2,1-2H3. The molecule has 1 fully saturated rings. The van der Waals surface area contributed by atoms with Gasteiger partial charge >= 0.3 is 0 Å². The maximum Gasteiger partial charge on any atom is 0.0834 e. The van der Waals surface area contributed by atoms with Gasteiger partial charge in [-0.15, -0.1) is 11.3 Å². The van der Waals surface area contributed by atoms with Crippen LogP contribution in [0.4, 0.5) is 0 Å². The summed E-state index contributed by atoms with van der Waals surface area (Å²) in [4.78, 5) is 1.42. The summed E-state index contributed by atoms with van der Waals surface area (Å²) in [5.74, 6) is 0. The fraction of sp³-hybridized carbons (Fsp3) is 0.714.